The van der Waals surface area contributed by atoms with Crippen molar-refractivity contribution in [3.8, 4) is 0 Å². The van der Waals surface area contributed by atoms with Crippen LogP contribution >= 0.6 is 0 Å². The van der Waals surface area contributed by atoms with E-state index in [-0.39, 0.29) is 11.8 Å². The van der Waals surface area contributed by atoms with Gasteiger partial charge in [-0.2, -0.15) is 0 Å². The van der Waals surface area contributed by atoms with Crippen LogP contribution in [0, 0.1) is 5.92 Å². The van der Waals surface area contributed by atoms with Crippen molar-refractivity contribution in [3.63, 3.8) is 0 Å². The van der Waals surface area contributed by atoms with Crippen LogP contribution < -0.4 is 5.32 Å². The lowest BCUT2D eigenvalue weighted by Gasteiger charge is -2.41. The SMILES string of the molecule is CNC(=O)CCN1CCCCC1C1CCCCC1=O. The number of carbonyl (C=O) groups is 2. The van der Waals surface area contributed by atoms with Gasteiger partial charge in [0.25, 0.3) is 0 Å². The van der Waals surface area contributed by atoms with Gasteiger partial charge < -0.3 is 5.32 Å². The van der Waals surface area contributed by atoms with Gasteiger partial charge in [0.1, 0.15) is 5.78 Å². The normalized spacial score (nSPS) is 29.2. The quantitative estimate of drug-likeness (QED) is 0.843. The lowest BCUT2D eigenvalue weighted by atomic mass is 9.79. The summed E-state index contributed by atoms with van der Waals surface area (Å²) in [6.07, 6.45) is 8.19. The van der Waals surface area contributed by atoms with Gasteiger partial charge in [-0.3, -0.25) is 14.5 Å². The summed E-state index contributed by atoms with van der Waals surface area (Å²) in [6.45, 7) is 1.85. The lowest BCUT2D eigenvalue weighted by Crippen LogP contribution is -2.48. The Hall–Kier alpha value is -0.900. The number of nitrogens with one attached hydrogen (secondary N) is 1. The highest BCUT2D eigenvalue weighted by atomic mass is 16.1. The van der Waals surface area contributed by atoms with E-state index in [9.17, 15) is 9.59 Å². The van der Waals surface area contributed by atoms with Crippen molar-refractivity contribution in [1.29, 1.82) is 0 Å². The zero-order chi connectivity index (χ0) is 13.7. The minimum absolute atomic E-state index is 0.0966. The number of likely N-dealkylation sites (tertiary alicyclic amines) is 1. The standard InChI is InChI=1S/C15H26N2O2/c1-16-15(19)9-11-17-10-5-4-7-13(17)12-6-2-3-8-14(12)18/h12-13H,2-11H2,1H3,(H,16,19). The summed E-state index contributed by atoms with van der Waals surface area (Å²) in [5.74, 6) is 0.793. The van der Waals surface area contributed by atoms with E-state index in [0.29, 0.717) is 18.2 Å². The fraction of sp³-hybridized carbons (Fsp3) is 0.867. The Balaban J connectivity index is 1.94. The van der Waals surface area contributed by atoms with Crippen LogP contribution in [0.5, 0.6) is 0 Å². The Bertz CT molecular complexity index is 330. The predicted octanol–water partition coefficient (Wildman–Crippen LogP) is 1.74. The van der Waals surface area contributed by atoms with Crippen LogP contribution in [0.25, 0.3) is 0 Å². The molecule has 1 amide bonds. The Labute approximate surface area is 115 Å². The number of carbonyl (C=O) groups excluding carboxylic acids is 2. The molecule has 2 unspecified atom stereocenters. The average Bonchev–Trinajstić information content (AvgIpc) is 2.45. The third-order valence-corrected chi connectivity index (χ3v) is 4.64. The summed E-state index contributed by atoms with van der Waals surface area (Å²) in [5, 5.41) is 2.68. The van der Waals surface area contributed by atoms with Crippen molar-refractivity contribution in [2.24, 2.45) is 5.92 Å². The van der Waals surface area contributed by atoms with Crippen LogP contribution in [0.2, 0.25) is 0 Å². The van der Waals surface area contributed by atoms with Crippen molar-refractivity contribution in [2.75, 3.05) is 20.1 Å². The van der Waals surface area contributed by atoms with Crippen LogP contribution in [0.1, 0.15) is 51.4 Å². The van der Waals surface area contributed by atoms with Crippen molar-refractivity contribution in [3.05, 3.63) is 0 Å². The molecule has 19 heavy (non-hydrogen) atoms. The molecule has 4 heteroatoms. The van der Waals surface area contributed by atoms with Gasteiger partial charge in [0.15, 0.2) is 0 Å². The van der Waals surface area contributed by atoms with Gasteiger partial charge in [0.05, 0.1) is 0 Å². The molecule has 0 aromatic heterocycles. The maximum atomic E-state index is 12.1. The smallest absolute Gasteiger partial charge is 0.221 e. The van der Waals surface area contributed by atoms with E-state index in [1.807, 2.05) is 0 Å². The molecule has 108 valence electrons. The molecule has 1 saturated carbocycles. The van der Waals surface area contributed by atoms with Crippen LogP contribution in [0.15, 0.2) is 0 Å². The first kappa shape index (κ1) is 14.5. The molecule has 1 aliphatic heterocycles. The first-order valence-electron chi connectivity index (χ1n) is 7.69. The van der Waals surface area contributed by atoms with Crippen molar-refractivity contribution in [1.82, 2.24) is 10.2 Å². The minimum atomic E-state index is 0.0966. The first-order valence-corrected chi connectivity index (χ1v) is 7.69. The molecular formula is C15H26N2O2. The summed E-state index contributed by atoms with van der Waals surface area (Å²) in [6, 6.07) is 0.395. The number of amides is 1. The molecule has 1 saturated heterocycles. The molecule has 0 radical (unpaired) electrons. The van der Waals surface area contributed by atoms with Crippen LogP contribution in [-0.2, 0) is 9.59 Å². The second kappa shape index (κ2) is 7.04. The molecule has 2 fully saturated rings. The van der Waals surface area contributed by atoms with Crippen LogP contribution in [-0.4, -0.2) is 42.8 Å². The number of hydrogen-bond acceptors (Lipinski definition) is 3. The van der Waals surface area contributed by atoms with Crippen molar-refractivity contribution < 1.29 is 9.59 Å². The van der Waals surface area contributed by atoms with Gasteiger partial charge in [-0.15, -0.1) is 0 Å². The molecule has 0 bridgehead atoms. The van der Waals surface area contributed by atoms with Gasteiger partial charge in [0.2, 0.25) is 5.91 Å². The molecule has 1 N–H and O–H groups in total. The number of Topliss-reactive ketones (excluding diaryl/α,β-unsaturated/α-hetero) is 1. The molecule has 4 nitrogen and oxygen atoms in total. The molecule has 2 aliphatic rings. The lowest BCUT2D eigenvalue weighted by molar-refractivity contribution is -0.127. The van der Waals surface area contributed by atoms with Gasteiger partial charge in [-0.05, 0) is 32.2 Å². The predicted molar refractivity (Wildman–Crippen MR) is 74.9 cm³/mol. The maximum absolute atomic E-state index is 12.1. The zero-order valence-corrected chi connectivity index (χ0v) is 12.0. The van der Waals surface area contributed by atoms with E-state index in [0.717, 1.165) is 38.8 Å². The first-order chi connectivity index (χ1) is 9.22. The van der Waals surface area contributed by atoms with E-state index in [1.165, 1.54) is 19.3 Å². The Morgan fingerprint density at radius 1 is 1.26 bits per heavy atom. The zero-order valence-electron chi connectivity index (χ0n) is 12.0. The largest absolute Gasteiger partial charge is 0.359 e. The second-order valence-corrected chi connectivity index (χ2v) is 5.84. The topological polar surface area (TPSA) is 49.4 Å². The Morgan fingerprint density at radius 3 is 2.79 bits per heavy atom. The van der Waals surface area contributed by atoms with Crippen molar-refractivity contribution >= 4 is 11.7 Å². The van der Waals surface area contributed by atoms with E-state index in [1.54, 1.807) is 7.05 Å². The molecule has 2 atom stereocenters. The van der Waals surface area contributed by atoms with E-state index >= 15 is 0 Å². The fourth-order valence-electron chi connectivity index (χ4n) is 3.54. The summed E-state index contributed by atoms with van der Waals surface area (Å²) >= 11 is 0. The number of rotatable bonds is 4. The van der Waals surface area contributed by atoms with E-state index < -0.39 is 0 Å². The summed E-state index contributed by atoms with van der Waals surface area (Å²) in [4.78, 5) is 25.9. The highest BCUT2D eigenvalue weighted by Crippen LogP contribution is 2.31. The Morgan fingerprint density at radius 2 is 2.05 bits per heavy atom. The summed E-state index contributed by atoms with van der Waals surface area (Å²) in [5.41, 5.74) is 0. The molecule has 1 heterocycles. The van der Waals surface area contributed by atoms with Gasteiger partial charge in [-0.1, -0.05) is 12.8 Å². The second-order valence-electron chi connectivity index (χ2n) is 5.84. The van der Waals surface area contributed by atoms with Crippen molar-refractivity contribution in [2.45, 2.75) is 57.4 Å². The molecule has 0 spiro atoms. The summed E-state index contributed by atoms with van der Waals surface area (Å²) in [7, 11) is 1.68. The maximum Gasteiger partial charge on any atom is 0.221 e. The molecule has 1 aliphatic carbocycles. The third kappa shape index (κ3) is 3.78. The van der Waals surface area contributed by atoms with Gasteiger partial charge >= 0.3 is 0 Å². The molecule has 2 rings (SSSR count). The summed E-state index contributed by atoms with van der Waals surface area (Å²) < 4.78 is 0. The van der Waals surface area contributed by atoms with Gasteiger partial charge in [-0.25, -0.2) is 0 Å². The highest BCUT2D eigenvalue weighted by Gasteiger charge is 2.35. The number of nitrogens with zero attached hydrogens (tertiary/aromatic N) is 1. The molecule has 0 aromatic carbocycles. The van der Waals surface area contributed by atoms with Crippen LogP contribution in [0.4, 0.5) is 0 Å². The number of ketones is 1. The highest BCUT2D eigenvalue weighted by molar-refractivity contribution is 5.82. The monoisotopic (exact) mass is 266 g/mol. The van der Waals surface area contributed by atoms with Crippen LogP contribution in [0.3, 0.4) is 0 Å². The number of piperidine rings is 1. The molecule has 0 aromatic rings. The average molecular weight is 266 g/mol. The fourth-order valence-corrected chi connectivity index (χ4v) is 3.54. The third-order valence-electron chi connectivity index (χ3n) is 4.64. The number of hydrogen-bond donors (Lipinski definition) is 1. The Kier molecular flexibility index (Phi) is 5.37. The van der Waals surface area contributed by atoms with E-state index in [2.05, 4.69) is 10.2 Å². The minimum Gasteiger partial charge on any atom is -0.359 e. The molecular weight excluding hydrogens is 240 g/mol. The van der Waals surface area contributed by atoms with Gasteiger partial charge in [0, 0.05) is 38.4 Å². The van der Waals surface area contributed by atoms with E-state index in [4.69, 9.17) is 0 Å².